The molecule has 0 saturated heterocycles. The van der Waals surface area contributed by atoms with Gasteiger partial charge in [0.25, 0.3) is 0 Å². The van der Waals surface area contributed by atoms with Gasteiger partial charge in [0.15, 0.2) is 0 Å². The fraction of sp³-hybridized carbons (Fsp3) is 0.583. The van der Waals surface area contributed by atoms with Crippen LogP contribution in [0.2, 0.25) is 5.02 Å². The molecular weight excluding hydrogens is 588 g/mol. The molecule has 0 radical (unpaired) electrons. The molecule has 0 spiro atoms. The zero-order valence-electron chi connectivity index (χ0n) is 29.9. The fourth-order valence-electron chi connectivity index (χ4n) is 3.13. The molecule has 8 nitrogen and oxygen atoms in total. The lowest BCUT2D eigenvalue weighted by Gasteiger charge is -2.16. The molecule has 3 rings (SSSR count). The normalized spacial score (nSPS) is 15.3. The Hall–Kier alpha value is -3.10. The van der Waals surface area contributed by atoms with Gasteiger partial charge in [-0.25, -0.2) is 0 Å². The summed E-state index contributed by atoms with van der Waals surface area (Å²) in [6.45, 7) is 23.8. The topological polar surface area (TPSA) is 109 Å². The van der Waals surface area contributed by atoms with Crippen molar-refractivity contribution in [3.8, 4) is 5.75 Å². The van der Waals surface area contributed by atoms with Crippen LogP contribution in [0.25, 0.3) is 0 Å². The number of carbonyl (C=O) groups is 3. The SMILES string of the molecule is CC.CC.CC(C)C.CC1NC(=O)CNC(=O)CNCCOc2ccccc2CCCNC1=O.CCC.Cc1cccc(Cl)c1. The Morgan fingerprint density at radius 1 is 0.867 bits per heavy atom. The number of hydrogen-bond donors (Lipinski definition) is 4. The van der Waals surface area contributed by atoms with Crippen LogP contribution in [0.15, 0.2) is 48.5 Å². The fourth-order valence-corrected chi connectivity index (χ4v) is 3.38. The monoisotopic (exact) mass is 650 g/mol. The van der Waals surface area contributed by atoms with Crippen molar-refractivity contribution in [3.63, 3.8) is 0 Å². The van der Waals surface area contributed by atoms with Crippen LogP contribution in [-0.4, -0.2) is 56.5 Å². The largest absolute Gasteiger partial charge is 0.492 e. The Morgan fingerprint density at radius 2 is 1.47 bits per heavy atom. The number of hydrogen-bond acceptors (Lipinski definition) is 5. The Kier molecular flexibility index (Phi) is 33.2. The predicted molar refractivity (Wildman–Crippen MR) is 192 cm³/mol. The highest BCUT2D eigenvalue weighted by atomic mass is 35.5. The molecule has 2 aromatic rings. The summed E-state index contributed by atoms with van der Waals surface area (Å²) >= 11 is 5.64. The Balaban J connectivity index is -0.000000758. The van der Waals surface area contributed by atoms with Gasteiger partial charge in [-0.3, -0.25) is 14.4 Å². The summed E-state index contributed by atoms with van der Waals surface area (Å²) in [6, 6.07) is 14.9. The van der Waals surface area contributed by atoms with Crippen LogP contribution in [-0.2, 0) is 20.8 Å². The summed E-state index contributed by atoms with van der Waals surface area (Å²) in [6.07, 6.45) is 2.79. The van der Waals surface area contributed by atoms with Crippen LogP contribution < -0.4 is 26.0 Å². The highest BCUT2D eigenvalue weighted by Gasteiger charge is 2.15. The van der Waals surface area contributed by atoms with Crippen molar-refractivity contribution >= 4 is 29.3 Å². The van der Waals surface area contributed by atoms with Gasteiger partial charge in [-0.1, -0.05) is 111 Å². The number of amides is 3. The van der Waals surface area contributed by atoms with Gasteiger partial charge in [0.1, 0.15) is 18.4 Å². The number of halogens is 1. The molecule has 4 N–H and O–H groups in total. The van der Waals surface area contributed by atoms with Gasteiger partial charge < -0.3 is 26.0 Å². The van der Waals surface area contributed by atoms with Crippen LogP contribution in [0.3, 0.4) is 0 Å². The first-order valence-electron chi connectivity index (χ1n) is 16.5. The number of nitrogens with one attached hydrogen (secondary N) is 4. The zero-order chi connectivity index (χ0) is 35.0. The van der Waals surface area contributed by atoms with Gasteiger partial charge in [0.2, 0.25) is 17.7 Å². The van der Waals surface area contributed by atoms with Crippen molar-refractivity contribution in [2.45, 2.75) is 101 Å². The minimum absolute atomic E-state index is 0.0916. The van der Waals surface area contributed by atoms with Crippen molar-refractivity contribution in [1.29, 1.82) is 0 Å². The maximum absolute atomic E-state index is 12.0. The molecule has 258 valence electrons. The van der Waals surface area contributed by atoms with E-state index in [1.807, 2.05) is 83.1 Å². The minimum atomic E-state index is -0.660. The molecule has 0 aliphatic carbocycles. The number of para-hydroxylation sites is 1. The van der Waals surface area contributed by atoms with Gasteiger partial charge in [-0.2, -0.15) is 0 Å². The second-order valence-electron chi connectivity index (χ2n) is 10.3. The average molecular weight is 651 g/mol. The third-order valence-corrected chi connectivity index (χ3v) is 5.15. The number of rotatable bonds is 0. The molecule has 0 fully saturated rings. The van der Waals surface area contributed by atoms with Crippen molar-refractivity contribution in [2.75, 3.05) is 32.8 Å². The highest BCUT2D eigenvalue weighted by Crippen LogP contribution is 2.19. The first-order chi connectivity index (χ1) is 21.5. The van der Waals surface area contributed by atoms with E-state index >= 15 is 0 Å². The van der Waals surface area contributed by atoms with E-state index in [1.54, 1.807) is 6.92 Å². The molecule has 9 heteroatoms. The van der Waals surface area contributed by atoms with E-state index in [0.717, 1.165) is 35.1 Å². The highest BCUT2D eigenvalue weighted by molar-refractivity contribution is 6.30. The molecule has 0 aromatic heterocycles. The summed E-state index contributed by atoms with van der Waals surface area (Å²) in [4.78, 5) is 35.5. The van der Waals surface area contributed by atoms with Gasteiger partial charge in [-0.15, -0.1) is 0 Å². The lowest BCUT2D eigenvalue weighted by molar-refractivity contribution is -0.129. The molecule has 45 heavy (non-hydrogen) atoms. The number of ether oxygens (including phenoxy) is 1. The van der Waals surface area contributed by atoms with Gasteiger partial charge in [0.05, 0.1) is 13.1 Å². The minimum Gasteiger partial charge on any atom is -0.492 e. The molecule has 1 heterocycles. The third-order valence-electron chi connectivity index (χ3n) is 4.91. The van der Waals surface area contributed by atoms with E-state index in [4.69, 9.17) is 16.3 Å². The summed E-state index contributed by atoms with van der Waals surface area (Å²) < 4.78 is 5.78. The van der Waals surface area contributed by atoms with Crippen molar-refractivity contribution in [2.24, 2.45) is 5.92 Å². The summed E-state index contributed by atoms with van der Waals surface area (Å²) in [5, 5.41) is 11.6. The van der Waals surface area contributed by atoms with E-state index in [-0.39, 0.29) is 24.9 Å². The molecule has 0 saturated carbocycles. The summed E-state index contributed by atoms with van der Waals surface area (Å²) in [7, 11) is 0. The quantitative estimate of drug-likeness (QED) is 0.243. The van der Waals surface area contributed by atoms with E-state index in [1.165, 1.54) is 12.0 Å². The lowest BCUT2D eigenvalue weighted by atomic mass is 10.1. The first-order valence-corrected chi connectivity index (χ1v) is 16.8. The van der Waals surface area contributed by atoms with E-state index in [2.05, 4.69) is 55.9 Å². The third kappa shape index (κ3) is 29.4. The van der Waals surface area contributed by atoms with E-state index < -0.39 is 11.9 Å². The molecule has 1 atom stereocenters. The van der Waals surface area contributed by atoms with Gasteiger partial charge >= 0.3 is 0 Å². The van der Waals surface area contributed by atoms with Gasteiger partial charge in [0, 0.05) is 18.1 Å². The van der Waals surface area contributed by atoms with Crippen LogP contribution in [0.5, 0.6) is 5.75 Å². The molecule has 1 aliphatic heterocycles. The molecule has 0 bridgehead atoms. The standard InChI is InChI=1S/C18H26N4O4.C7H7Cl.C4H10.C3H8.2C2H6/c1-13-18(25)20-8-4-6-14-5-2-3-7-15(14)26-10-9-19-11-16(23)21-12-17(24)22-13;1-6-3-2-4-7(8)5-6;1-4(2)3;1-3-2;2*1-2/h2-3,5,7,13,19H,4,6,8-12H2,1H3,(H,20,25)(H,21,23)(H,22,24);2-5H,1H3;4H,1-3H3;3H2,1-2H3;2*1-2H3. The van der Waals surface area contributed by atoms with E-state index in [0.29, 0.717) is 19.7 Å². The smallest absolute Gasteiger partial charge is 0.242 e. The van der Waals surface area contributed by atoms with Crippen molar-refractivity contribution in [3.05, 3.63) is 64.7 Å². The van der Waals surface area contributed by atoms with Crippen molar-refractivity contribution in [1.82, 2.24) is 21.3 Å². The number of fused-ring (bicyclic) bond motifs is 1. The summed E-state index contributed by atoms with van der Waals surface area (Å²) in [5.74, 6) is 0.696. The maximum atomic E-state index is 12.0. The lowest BCUT2D eigenvalue weighted by Crippen LogP contribution is -2.48. The average Bonchev–Trinajstić information content (AvgIpc) is 3.00. The first kappa shape index (κ1) is 46.3. The predicted octanol–water partition coefficient (Wildman–Crippen LogP) is 7.12. The molecule has 2 aromatic carbocycles. The molecular formula is C36H63ClN4O4. The van der Waals surface area contributed by atoms with Crippen LogP contribution in [0, 0.1) is 12.8 Å². The number of aryl methyl sites for hydroxylation is 2. The number of benzene rings is 2. The Morgan fingerprint density at radius 3 is 2.02 bits per heavy atom. The zero-order valence-corrected chi connectivity index (χ0v) is 30.7. The Labute approximate surface area is 279 Å². The van der Waals surface area contributed by atoms with Crippen LogP contribution in [0.4, 0.5) is 0 Å². The second-order valence-corrected chi connectivity index (χ2v) is 10.8. The maximum Gasteiger partial charge on any atom is 0.242 e. The van der Waals surface area contributed by atoms with Crippen LogP contribution >= 0.6 is 11.6 Å². The van der Waals surface area contributed by atoms with Crippen LogP contribution in [0.1, 0.15) is 93.2 Å². The second kappa shape index (κ2) is 32.3. The van der Waals surface area contributed by atoms with Crippen molar-refractivity contribution < 1.29 is 19.1 Å². The Bertz CT molecular complexity index is 998. The molecule has 1 unspecified atom stereocenters. The van der Waals surface area contributed by atoms with E-state index in [9.17, 15) is 14.4 Å². The summed E-state index contributed by atoms with van der Waals surface area (Å²) in [5.41, 5.74) is 2.28. The molecule has 3 amide bonds. The number of carbonyl (C=O) groups excluding carboxylic acids is 3. The molecule has 1 aliphatic rings. The van der Waals surface area contributed by atoms with Gasteiger partial charge in [-0.05, 0) is 61.9 Å².